The van der Waals surface area contributed by atoms with Gasteiger partial charge in [0.2, 0.25) is 5.91 Å². The maximum Gasteiger partial charge on any atom is 0.315 e. The largest absolute Gasteiger partial charge is 0.493 e. The van der Waals surface area contributed by atoms with Gasteiger partial charge >= 0.3 is 5.97 Å². The van der Waals surface area contributed by atoms with Crippen LogP contribution in [0.25, 0.3) is 0 Å². The average Bonchev–Trinajstić information content (AvgIpc) is 2.71. The molecule has 2 aromatic carbocycles. The van der Waals surface area contributed by atoms with Crippen molar-refractivity contribution in [1.82, 2.24) is 5.32 Å². The summed E-state index contributed by atoms with van der Waals surface area (Å²) >= 11 is 1.21. The lowest BCUT2D eigenvalue weighted by atomic mass is 10.2. The van der Waals surface area contributed by atoms with Crippen LogP contribution in [0.1, 0.15) is 11.1 Å². The highest BCUT2D eigenvalue weighted by Gasteiger charge is 2.09. The highest BCUT2D eigenvalue weighted by atomic mass is 32.2. The van der Waals surface area contributed by atoms with Gasteiger partial charge in [-0.15, -0.1) is 11.8 Å². The van der Waals surface area contributed by atoms with Crippen LogP contribution in [-0.4, -0.2) is 37.6 Å². The Balaban J connectivity index is 1.84. The van der Waals surface area contributed by atoms with E-state index in [1.165, 1.54) is 18.9 Å². The second-order valence-electron chi connectivity index (χ2n) is 5.61. The zero-order valence-corrected chi connectivity index (χ0v) is 16.2. The fourth-order valence-electron chi connectivity index (χ4n) is 2.21. The van der Waals surface area contributed by atoms with Gasteiger partial charge in [-0.25, -0.2) is 0 Å². The Morgan fingerprint density at radius 1 is 0.963 bits per heavy atom. The number of carbonyl (C=O) groups is 2. The zero-order valence-electron chi connectivity index (χ0n) is 15.4. The van der Waals surface area contributed by atoms with Crippen molar-refractivity contribution in [3.05, 3.63) is 59.7 Å². The number of nitrogens with one attached hydrogen (secondary N) is 1. The van der Waals surface area contributed by atoms with Gasteiger partial charge in [0.15, 0.2) is 11.5 Å². The van der Waals surface area contributed by atoms with E-state index in [0.717, 1.165) is 11.1 Å². The number of hydrogen-bond acceptors (Lipinski definition) is 6. The smallest absolute Gasteiger partial charge is 0.315 e. The molecule has 144 valence electrons. The molecule has 0 aromatic heterocycles. The maximum absolute atomic E-state index is 11.8. The Labute approximate surface area is 163 Å². The summed E-state index contributed by atoms with van der Waals surface area (Å²) in [5.74, 6) is 1.12. The molecule has 2 rings (SSSR count). The van der Waals surface area contributed by atoms with Crippen molar-refractivity contribution in [2.24, 2.45) is 0 Å². The molecule has 0 heterocycles. The van der Waals surface area contributed by atoms with E-state index in [0.29, 0.717) is 24.7 Å². The topological polar surface area (TPSA) is 73.9 Å². The summed E-state index contributed by atoms with van der Waals surface area (Å²) in [5, 5.41) is 2.81. The minimum atomic E-state index is -0.344. The Morgan fingerprint density at radius 2 is 1.74 bits per heavy atom. The van der Waals surface area contributed by atoms with Crippen LogP contribution in [0, 0.1) is 0 Å². The number of thioether (sulfide) groups is 1. The molecule has 7 heteroatoms. The molecule has 0 spiro atoms. The van der Waals surface area contributed by atoms with Crippen LogP contribution in [-0.2, 0) is 27.5 Å². The summed E-state index contributed by atoms with van der Waals surface area (Å²) in [6, 6.07) is 15.4. The van der Waals surface area contributed by atoms with Gasteiger partial charge in [0, 0.05) is 6.54 Å². The third-order valence-corrected chi connectivity index (χ3v) is 4.54. The standard InChI is InChI=1S/C20H23NO5S/c1-24-18-10-16(11-21-19(22)13-27-14-20(23)25-2)8-9-17(18)26-12-15-6-4-3-5-7-15/h3-10H,11-14H2,1-2H3,(H,21,22). The molecule has 0 unspecified atom stereocenters. The molecule has 1 N–H and O–H groups in total. The number of hydrogen-bond donors (Lipinski definition) is 1. The number of ether oxygens (including phenoxy) is 3. The molecule has 0 bridgehead atoms. The molecule has 0 aliphatic rings. The molecule has 6 nitrogen and oxygen atoms in total. The monoisotopic (exact) mass is 389 g/mol. The molecular weight excluding hydrogens is 366 g/mol. The molecule has 0 saturated carbocycles. The number of amides is 1. The summed E-state index contributed by atoms with van der Waals surface area (Å²) in [6.45, 7) is 0.817. The zero-order chi connectivity index (χ0) is 19.5. The minimum absolute atomic E-state index is 0.146. The molecule has 0 radical (unpaired) electrons. The first kappa shape index (κ1) is 20.6. The normalized spacial score (nSPS) is 10.1. The second kappa shape index (κ2) is 11.1. The molecule has 2 aromatic rings. The molecule has 27 heavy (non-hydrogen) atoms. The lowest BCUT2D eigenvalue weighted by Gasteiger charge is -2.13. The Kier molecular flexibility index (Phi) is 8.51. The van der Waals surface area contributed by atoms with E-state index in [1.807, 2.05) is 48.5 Å². The number of rotatable bonds is 10. The molecule has 1 amide bonds. The number of esters is 1. The van der Waals surface area contributed by atoms with Crippen molar-refractivity contribution in [1.29, 1.82) is 0 Å². The van der Waals surface area contributed by atoms with Gasteiger partial charge in [-0.3, -0.25) is 9.59 Å². The number of carbonyl (C=O) groups excluding carboxylic acids is 2. The highest BCUT2D eigenvalue weighted by Crippen LogP contribution is 2.28. The van der Waals surface area contributed by atoms with Gasteiger partial charge in [-0.05, 0) is 23.3 Å². The predicted molar refractivity (Wildman–Crippen MR) is 105 cm³/mol. The van der Waals surface area contributed by atoms with Crippen molar-refractivity contribution in [3.63, 3.8) is 0 Å². The first-order valence-corrected chi connectivity index (χ1v) is 9.52. The number of benzene rings is 2. The molecule has 0 saturated heterocycles. The summed E-state index contributed by atoms with van der Waals surface area (Å²) in [4.78, 5) is 22.8. The fraction of sp³-hybridized carbons (Fsp3) is 0.300. The van der Waals surface area contributed by atoms with E-state index in [4.69, 9.17) is 9.47 Å². The van der Waals surface area contributed by atoms with Gasteiger partial charge in [-0.1, -0.05) is 36.4 Å². The summed E-state index contributed by atoms with van der Waals surface area (Å²) < 4.78 is 15.7. The Morgan fingerprint density at radius 3 is 2.44 bits per heavy atom. The van der Waals surface area contributed by atoms with Crippen LogP contribution in [0.4, 0.5) is 0 Å². The molecule has 0 atom stereocenters. The lowest BCUT2D eigenvalue weighted by molar-refractivity contribution is -0.137. The van der Waals surface area contributed by atoms with Crippen LogP contribution >= 0.6 is 11.8 Å². The first-order valence-electron chi connectivity index (χ1n) is 8.37. The van der Waals surface area contributed by atoms with Crippen molar-refractivity contribution in [2.75, 3.05) is 25.7 Å². The van der Waals surface area contributed by atoms with Crippen LogP contribution in [0.5, 0.6) is 11.5 Å². The Hall–Kier alpha value is -2.67. The third kappa shape index (κ3) is 7.22. The van der Waals surface area contributed by atoms with E-state index in [-0.39, 0.29) is 23.4 Å². The van der Waals surface area contributed by atoms with Gasteiger partial charge in [0.1, 0.15) is 6.61 Å². The quantitative estimate of drug-likeness (QED) is 0.630. The Bertz CT molecular complexity index is 751. The summed E-state index contributed by atoms with van der Waals surface area (Å²) in [6.07, 6.45) is 0. The van der Waals surface area contributed by atoms with Crippen molar-refractivity contribution in [2.45, 2.75) is 13.2 Å². The van der Waals surface area contributed by atoms with Crippen molar-refractivity contribution >= 4 is 23.6 Å². The van der Waals surface area contributed by atoms with E-state index in [1.54, 1.807) is 7.11 Å². The van der Waals surface area contributed by atoms with Gasteiger partial charge < -0.3 is 19.5 Å². The fourth-order valence-corrected chi connectivity index (χ4v) is 2.89. The SMILES string of the molecule is COC(=O)CSCC(=O)NCc1ccc(OCc2ccccc2)c(OC)c1. The van der Waals surface area contributed by atoms with E-state index in [2.05, 4.69) is 10.1 Å². The summed E-state index contributed by atoms with van der Waals surface area (Å²) in [7, 11) is 2.90. The van der Waals surface area contributed by atoms with E-state index >= 15 is 0 Å². The maximum atomic E-state index is 11.8. The van der Waals surface area contributed by atoms with Crippen molar-refractivity contribution < 1.29 is 23.8 Å². The molecule has 0 fully saturated rings. The molecule has 0 aliphatic heterocycles. The van der Waals surface area contributed by atoms with E-state index < -0.39 is 0 Å². The average molecular weight is 389 g/mol. The van der Waals surface area contributed by atoms with Crippen LogP contribution in [0.15, 0.2) is 48.5 Å². The number of methoxy groups -OCH3 is 2. The first-order chi connectivity index (χ1) is 13.1. The predicted octanol–water partition coefficient (Wildman–Crippen LogP) is 2.80. The van der Waals surface area contributed by atoms with E-state index in [9.17, 15) is 9.59 Å². The van der Waals surface area contributed by atoms with Gasteiger partial charge in [-0.2, -0.15) is 0 Å². The second-order valence-corrected chi connectivity index (χ2v) is 6.59. The lowest BCUT2D eigenvalue weighted by Crippen LogP contribution is -2.25. The third-order valence-electron chi connectivity index (χ3n) is 3.64. The van der Waals surface area contributed by atoms with Crippen LogP contribution < -0.4 is 14.8 Å². The molecular formula is C20H23NO5S. The van der Waals surface area contributed by atoms with Crippen LogP contribution in [0.2, 0.25) is 0 Å². The highest BCUT2D eigenvalue weighted by molar-refractivity contribution is 8.00. The van der Waals surface area contributed by atoms with Crippen LogP contribution in [0.3, 0.4) is 0 Å². The minimum Gasteiger partial charge on any atom is -0.493 e. The van der Waals surface area contributed by atoms with Crippen molar-refractivity contribution in [3.8, 4) is 11.5 Å². The molecule has 0 aliphatic carbocycles. The summed E-state index contributed by atoms with van der Waals surface area (Å²) in [5.41, 5.74) is 1.96. The van der Waals surface area contributed by atoms with Gasteiger partial charge in [0.25, 0.3) is 0 Å². The van der Waals surface area contributed by atoms with Gasteiger partial charge in [0.05, 0.1) is 25.7 Å².